The van der Waals surface area contributed by atoms with E-state index < -0.39 is 5.97 Å². The number of hydrogen-bond donors (Lipinski definition) is 2. The van der Waals surface area contributed by atoms with Gasteiger partial charge in [0.05, 0.1) is 5.56 Å². The van der Waals surface area contributed by atoms with Crippen LogP contribution in [0, 0.1) is 0 Å². The molecule has 3 nitrogen and oxygen atoms in total. The first kappa shape index (κ1) is 12.6. The van der Waals surface area contributed by atoms with Crippen LogP contribution in [-0.4, -0.2) is 11.1 Å². The third kappa shape index (κ3) is 2.54. The number of benzene rings is 1. The van der Waals surface area contributed by atoms with E-state index in [9.17, 15) is 4.79 Å². The van der Waals surface area contributed by atoms with E-state index in [4.69, 9.17) is 10.8 Å². The lowest BCUT2D eigenvalue weighted by Crippen LogP contribution is -1.97. The molecule has 4 heteroatoms. The Balaban J connectivity index is 2.31. The van der Waals surface area contributed by atoms with Gasteiger partial charge in [-0.2, -0.15) is 0 Å². The van der Waals surface area contributed by atoms with Crippen LogP contribution in [0.4, 0.5) is 5.00 Å². The van der Waals surface area contributed by atoms with Crippen LogP contribution >= 0.6 is 11.3 Å². The molecule has 0 aliphatic heterocycles. The predicted octanol–water partition coefficient (Wildman–Crippen LogP) is 3.65. The summed E-state index contributed by atoms with van der Waals surface area (Å²) in [7, 11) is 0. The summed E-state index contributed by atoms with van der Waals surface area (Å²) in [5, 5.41) is 9.32. The number of carbonyl (C=O) groups is 1. The second kappa shape index (κ2) is 5.23. The van der Waals surface area contributed by atoms with Gasteiger partial charge in [0.2, 0.25) is 0 Å². The molecule has 2 rings (SSSR count). The maximum absolute atomic E-state index is 10.9. The Morgan fingerprint density at radius 3 is 2.50 bits per heavy atom. The molecule has 1 aromatic carbocycles. The summed E-state index contributed by atoms with van der Waals surface area (Å²) in [5.74, 6) is -0.974. The fourth-order valence-corrected chi connectivity index (χ4v) is 2.76. The SMILES string of the molecule is CCCc1ccc(-c2cc(C(=O)O)c(N)s2)cc1. The molecule has 0 spiro atoms. The highest BCUT2D eigenvalue weighted by molar-refractivity contribution is 7.19. The smallest absolute Gasteiger partial charge is 0.338 e. The van der Waals surface area contributed by atoms with Crippen LogP contribution in [-0.2, 0) is 6.42 Å². The number of aromatic carboxylic acids is 1. The first-order chi connectivity index (χ1) is 8.61. The maximum atomic E-state index is 10.9. The van der Waals surface area contributed by atoms with Crippen molar-refractivity contribution < 1.29 is 9.90 Å². The fourth-order valence-electron chi connectivity index (χ4n) is 1.84. The first-order valence-corrected chi connectivity index (χ1v) is 6.65. The van der Waals surface area contributed by atoms with Gasteiger partial charge in [-0.15, -0.1) is 11.3 Å². The molecule has 0 amide bonds. The molecular formula is C14H15NO2S. The predicted molar refractivity (Wildman–Crippen MR) is 75.1 cm³/mol. The molecule has 2 aromatic rings. The van der Waals surface area contributed by atoms with Gasteiger partial charge in [0.1, 0.15) is 5.00 Å². The molecular weight excluding hydrogens is 246 g/mol. The van der Waals surface area contributed by atoms with Gasteiger partial charge in [-0.3, -0.25) is 0 Å². The Hall–Kier alpha value is -1.81. The van der Waals surface area contributed by atoms with E-state index in [1.165, 1.54) is 16.9 Å². The highest BCUT2D eigenvalue weighted by atomic mass is 32.1. The van der Waals surface area contributed by atoms with E-state index in [1.54, 1.807) is 6.07 Å². The fraction of sp³-hybridized carbons (Fsp3) is 0.214. The number of hydrogen-bond acceptors (Lipinski definition) is 3. The molecule has 0 fully saturated rings. The van der Waals surface area contributed by atoms with Gasteiger partial charge < -0.3 is 10.8 Å². The Labute approximate surface area is 110 Å². The van der Waals surface area contributed by atoms with Gasteiger partial charge in [-0.1, -0.05) is 37.6 Å². The van der Waals surface area contributed by atoms with Crippen LogP contribution in [0.3, 0.4) is 0 Å². The zero-order valence-corrected chi connectivity index (χ0v) is 11.0. The van der Waals surface area contributed by atoms with Crippen molar-refractivity contribution >= 4 is 22.3 Å². The minimum absolute atomic E-state index is 0.188. The number of anilines is 1. The lowest BCUT2D eigenvalue weighted by molar-refractivity contribution is 0.0698. The second-order valence-corrected chi connectivity index (χ2v) is 5.22. The zero-order chi connectivity index (χ0) is 13.1. The average molecular weight is 261 g/mol. The van der Waals surface area contributed by atoms with Crippen LogP contribution in [0.2, 0.25) is 0 Å². The van der Waals surface area contributed by atoms with Crippen molar-refractivity contribution in [1.29, 1.82) is 0 Å². The summed E-state index contributed by atoms with van der Waals surface area (Å²) < 4.78 is 0. The average Bonchev–Trinajstić information content (AvgIpc) is 2.73. The van der Waals surface area contributed by atoms with Crippen LogP contribution < -0.4 is 5.73 Å². The maximum Gasteiger partial charge on any atom is 0.338 e. The molecule has 0 saturated carbocycles. The molecule has 0 bridgehead atoms. The van der Waals surface area contributed by atoms with Crippen molar-refractivity contribution in [3.8, 4) is 10.4 Å². The van der Waals surface area contributed by atoms with Crippen molar-refractivity contribution in [3.63, 3.8) is 0 Å². The van der Waals surface area contributed by atoms with E-state index in [-0.39, 0.29) is 5.56 Å². The highest BCUT2D eigenvalue weighted by Crippen LogP contribution is 2.33. The Bertz CT molecular complexity index is 558. The van der Waals surface area contributed by atoms with Gasteiger partial charge in [-0.25, -0.2) is 4.79 Å². The molecule has 0 aliphatic rings. The van der Waals surface area contributed by atoms with Gasteiger partial charge in [-0.05, 0) is 23.6 Å². The lowest BCUT2D eigenvalue weighted by atomic mass is 10.1. The largest absolute Gasteiger partial charge is 0.478 e. The number of thiophene rings is 1. The third-order valence-corrected chi connectivity index (χ3v) is 3.78. The Kier molecular flexibility index (Phi) is 3.67. The Morgan fingerprint density at radius 1 is 1.33 bits per heavy atom. The van der Waals surface area contributed by atoms with Crippen molar-refractivity contribution in [2.75, 3.05) is 5.73 Å². The first-order valence-electron chi connectivity index (χ1n) is 5.83. The van der Waals surface area contributed by atoms with Gasteiger partial charge >= 0.3 is 5.97 Å². The van der Waals surface area contributed by atoms with Crippen LogP contribution in [0.15, 0.2) is 30.3 Å². The topological polar surface area (TPSA) is 63.3 Å². The normalized spacial score (nSPS) is 10.5. The lowest BCUT2D eigenvalue weighted by Gasteiger charge is -2.00. The monoisotopic (exact) mass is 261 g/mol. The number of carboxylic acids is 1. The van der Waals surface area contributed by atoms with Crippen LogP contribution in [0.25, 0.3) is 10.4 Å². The number of carboxylic acid groups (broad SMARTS) is 1. The van der Waals surface area contributed by atoms with Crippen LogP contribution in [0.1, 0.15) is 29.3 Å². The molecule has 3 N–H and O–H groups in total. The summed E-state index contributed by atoms with van der Waals surface area (Å²) in [4.78, 5) is 11.8. The number of rotatable bonds is 4. The minimum atomic E-state index is -0.974. The molecule has 1 heterocycles. The number of nitrogens with two attached hydrogens (primary N) is 1. The second-order valence-electron chi connectivity index (χ2n) is 4.14. The molecule has 18 heavy (non-hydrogen) atoms. The van der Waals surface area contributed by atoms with Gasteiger partial charge in [0, 0.05) is 4.88 Å². The van der Waals surface area contributed by atoms with E-state index in [0.29, 0.717) is 5.00 Å². The van der Waals surface area contributed by atoms with E-state index in [0.717, 1.165) is 23.3 Å². The minimum Gasteiger partial charge on any atom is -0.478 e. The zero-order valence-electron chi connectivity index (χ0n) is 10.1. The number of aryl methyl sites for hydroxylation is 1. The molecule has 0 radical (unpaired) electrons. The molecule has 0 atom stereocenters. The van der Waals surface area contributed by atoms with Crippen molar-refractivity contribution in [2.24, 2.45) is 0 Å². The summed E-state index contributed by atoms with van der Waals surface area (Å²) in [6, 6.07) is 9.82. The third-order valence-electron chi connectivity index (χ3n) is 2.77. The van der Waals surface area contributed by atoms with Gasteiger partial charge in [0.25, 0.3) is 0 Å². The summed E-state index contributed by atoms with van der Waals surface area (Å²) in [6.07, 6.45) is 2.18. The molecule has 0 saturated heterocycles. The standard InChI is InChI=1S/C14H15NO2S/c1-2-3-9-4-6-10(7-5-9)12-8-11(14(16)17)13(15)18-12/h4-8H,2-3,15H2,1H3,(H,16,17). The Morgan fingerprint density at radius 2 is 2.00 bits per heavy atom. The quantitative estimate of drug-likeness (QED) is 0.883. The summed E-state index contributed by atoms with van der Waals surface area (Å²) >= 11 is 1.31. The van der Waals surface area contributed by atoms with Crippen molar-refractivity contribution in [1.82, 2.24) is 0 Å². The van der Waals surface area contributed by atoms with E-state index >= 15 is 0 Å². The molecule has 94 valence electrons. The van der Waals surface area contributed by atoms with E-state index in [1.807, 2.05) is 12.1 Å². The van der Waals surface area contributed by atoms with Crippen molar-refractivity contribution in [3.05, 3.63) is 41.5 Å². The molecule has 0 unspecified atom stereocenters. The summed E-state index contributed by atoms with van der Waals surface area (Å²) in [5.41, 5.74) is 8.19. The molecule has 1 aromatic heterocycles. The van der Waals surface area contributed by atoms with E-state index in [2.05, 4.69) is 19.1 Å². The van der Waals surface area contributed by atoms with Crippen molar-refractivity contribution in [2.45, 2.75) is 19.8 Å². The highest BCUT2D eigenvalue weighted by Gasteiger charge is 2.13. The number of nitrogen functional groups attached to an aromatic ring is 1. The molecule has 0 aliphatic carbocycles. The van der Waals surface area contributed by atoms with Gasteiger partial charge in [0.15, 0.2) is 0 Å². The van der Waals surface area contributed by atoms with Crippen LogP contribution in [0.5, 0.6) is 0 Å². The summed E-state index contributed by atoms with van der Waals surface area (Å²) in [6.45, 7) is 2.15.